The van der Waals surface area contributed by atoms with Crippen molar-refractivity contribution in [2.45, 2.75) is 12.3 Å². The van der Waals surface area contributed by atoms with Crippen LogP contribution in [0.3, 0.4) is 0 Å². The third-order valence-corrected chi connectivity index (χ3v) is 12.3. The van der Waals surface area contributed by atoms with Crippen molar-refractivity contribution >= 4 is 49.4 Å². The van der Waals surface area contributed by atoms with Crippen LogP contribution in [0.2, 0.25) is 0 Å². The summed E-state index contributed by atoms with van der Waals surface area (Å²) in [4.78, 5) is 2.52. The highest BCUT2D eigenvalue weighted by atomic mass is 15.1. The van der Waals surface area contributed by atoms with Gasteiger partial charge in [-0.3, -0.25) is 0 Å². The lowest BCUT2D eigenvalue weighted by Gasteiger charge is -2.35. The zero-order valence-corrected chi connectivity index (χ0v) is 31.7. The van der Waals surface area contributed by atoms with Gasteiger partial charge in [0.2, 0.25) is 0 Å². The van der Waals surface area contributed by atoms with Crippen LogP contribution in [0.5, 0.6) is 0 Å². The highest BCUT2D eigenvalue weighted by Gasteiger charge is 2.43. The van der Waals surface area contributed by atoms with Gasteiger partial charge in [0, 0.05) is 16.8 Å². The Labute approximate surface area is 333 Å². The first kappa shape index (κ1) is 33.1. The second-order valence-electron chi connectivity index (χ2n) is 15.4. The molecule has 1 aliphatic carbocycles. The number of rotatable bonds is 6. The van der Waals surface area contributed by atoms with Crippen molar-refractivity contribution in [3.8, 4) is 33.4 Å². The van der Waals surface area contributed by atoms with Gasteiger partial charge in [-0.25, -0.2) is 0 Å². The summed E-state index contributed by atoms with van der Waals surface area (Å²) >= 11 is 0. The second kappa shape index (κ2) is 13.2. The fraction of sp³-hybridized carbons (Fsp3) is 0.0357. The molecule has 10 aromatic carbocycles. The standard InChI is InChI=1S/C56H39N/c1-56(42-24-9-4-10-25-42)51-30-16-15-27-47(51)49-29-17-31-52(55(49)56)57(43-33-32-38-18-11-12-23-41(38)36-43)44-34-35-46-45-26-13-14-28-48(45)53(39-19-5-2-6-20-39)54(50(46)37-44)40-21-7-3-8-22-40/h2-37H,1H3. The van der Waals surface area contributed by atoms with E-state index in [2.05, 4.69) is 230 Å². The molecule has 268 valence electrons. The lowest BCUT2D eigenvalue weighted by Crippen LogP contribution is -2.25. The summed E-state index contributed by atoms with van der Waals surface area (Å²) in [5, 5.41) is 7.42. The van der Waals surface area contributed by atoms with E-state index in [1.54, 1.807) is 0 Å². The monoisotopic (exact) mass is 725 g/mol. The quantitative estimate of drug-likeness (QED) is 0.154. The molecule has 1 atom stereocenters. The van der Waals surface area contributed by atoms with Crippen molar-refractivity contribution in [2.75, 3.05) is 4.90 Å². The number of fused-ring (bicyclic) bond motifs is 7. The minimum Gasteiger partial charge on any atom is -0.310 e. The van der Waals surface area contributed by atoms with Crippen molar-refractivity contribution in [3.63, 3.8) is 0 Å². The Morgan fingerprint density at radius 3 is 1.67 bits per heavy atom. The number of hydrogen-bond donors (Lipinski definition) is 0. The summed E-state index contributed by atoms with van der Waals surface area (Å²) in [5.74, 6) is 0. The minimum atomic E-state index is -0.387. The van der Waals surface area contributed by atoms with Crippen LogP contribution in [-0.4, -0.2) is 0 Å². The molecule has 0 amide bonds. The van der Waals surface area contributed by atoms with Crippen molar-refractivity contribution in [3.05, 3.63) is 235 Å². The van der Waals surface area contributed by atoms with E-state index in [4.69, 9.17) is 0 Å². The van der Waals surface area contributed by atoms with Crippen LogP contribution in [0.15, 0.2) is 218 Å². The molecule has 0 fully saturated rings. The van der Waals surface area contributed by atoms with Gasteiger partial charge in [-0.05, 0) is 120 Å². The zero-order valence-electron chi connectivity index (χ0n) is 31.7. The Kier molecular flexibility index (Phi) is 7.69. The van der Waals surface area contributed by atoms with E-state index in [-0.39, 0.29) is 5.41 Å². The molecule has 1 aliphatic rings. The summed E-state index contributed by atoms with van der Waals surface area (Å²) in [5.41, 5.74) is 14.5. The average Bonchev–Trinajstić information content (AvgIpc) is 3.56. The third-order valence-electron chi connectivity index (χ3n) is 12.3. The number of anilines is 3. The van der Waals surface area contributed by atoms with E-state index in [0.29, 0.717) is 0 Å². The molecule has 0 heterocycles. The molecular formula is C56H39N. The minimum absolute atomic E-state index is 0.387. The van der Waals surface area contributed by atoms with Crippen LogP contribution in [0.4, 0.5) is 17.1 Å². The van der Waals surface area contributed by atoms with Crippen LogP contribution in [0, 0.1) is 0 Å². The highest BCUT2D eigenvalue weighted by molar-refractivity contribution is 6.22. The normalized spacial score (nSPS) is 14.5. The summed E-state index contributed by atoms with van der Waals surface area (Å²) in [6.45, 7) is 2.42. The van der Waals surface area contributed by atoms with Crippen LogP contribution in [0.25, 0.3) is 65.7 Å². The Morgan fingerprint density at radius 2 is 0.912 bits per heavy atom. The molecule has 0 saturated carbocycles. The van der Waals surface area contributed by atoms with E-state index in [1.165, 1.54) is 88.1 Å². The Balaban J connectivity index is 1.26. The number of nitrogens with zero attached hydrogens (tertiary/aromatic N) is 1. The van der Waals surface area contributed by atoms with Gasteiger partial charge in [0.1, 0.15) is 0 Å². The fourth-order valence-corrected chi connectivity index (χ4v) is 9.71. The first-order valence-electron chi connectivity index (χ1n) is 19.9. The van der Waals surface area contributed by atoms with Crippen LogP contribution in [0.1, 0.15) is 23.6 Å². The molecule has 0 radical (unpaired) electrons. The van der Waals surface area contributed by atoms with Crippen molar-refractivity contribution in [2.24, 2.45) is 0 Å². The summed E-state index contributed by atoms with van der Waals surface area (Å²) in [6.07, 6.45) is 0. The van der Waals surface area contributed by atoms with Crippen molar-refractivity contribution < 1.29 is 0 Å². The third kappa shape index (κ3) is 5.16. The van der Waals surface area contributed by atoms with E-state index >= 15 is 0 Å². The van der Waals surface area contributed by atoms with Crippen molar-refractivity contribution in [1.29, 1.82) is 0 Å². The Bertz CT molecular complexity index is 3130. The Hall–Kier alpha value is -7.22. The molecule has 1 heteroatoms. The fourth-order valence-electron chi connectivity index (χ4n) is 9.71. The van der Waals surface area contributed by atoms with Crippen LogP contribution < -0.4 is 4.90 Å². The van der Waals surface area contributed by atoms with E-state index in [1.807, 2.05) is 0 Å². The van der Waals surface area contributed by atoms with Gasteiger partial charge in [-0.1, -0.05) is 188 Å². The topological polar surface area (TPSA) is 3.24 Å². The maximum Gasteiger partial charge on any atom is 0.0512 e. The maximum absolute atomic E-state index is 2.52. The van der Waals surface area contributed by atoms with E-state index in [0.717, 1.165) is 11.4 Å². The molecule has 11 rings (SSSR count). The van der Waals surface area contributed by atoms with E-state index < -0.39 is 0 Å². The molecule has 57 heavy (non-hydrogen) atoms. The molecule has 0 aliphatic heterocycles. The molecule has 0 aromatic heterocycles. The molecular weight excluding hydrogens is 687 g/mol. The molecule has 0 saturated heterocycles. The summed E-state index contributed by atoms with van der Waals surface area (Å²) < 4.78 is 0. The predicted octanol–water partition coefficient (Wildman–Crippen LogP) is 15.3. The van der Waals surface area contributed by atoms with Gasteiger partial charge in [0.15, 0.2) is 0 Å². The van der Waals surface area contributed by atoms with Gasteiger partial charge in [-0.2, -0.15) is 0 Å². The van der Waals surface area contributed by atoms with E-state index in [9.17, 15) is 0 Å². The Morgan fingerprint density at radius 1 is 0.368 bits per heavy atom. The zero-order chi connectivity index (χ0) is 37.9. The SMILES string of the molecule is CC1(c2ccccc2)c2ccccc2-c2cccc(N(c3ccc4ccccc4c3)c3ccc4c(c3)c(-c3ccccc3)c(-c3ccccc3)c3ccccc34)c21. The lowest BCUT2D eigenvalue weighted by molar-refractivity contribution is 0.714. The second-order valence-corrected chi connectivity index (χ2v) is 15.4. The van der Waals surface area contributed by atoms with Gasteiger partial charge in [-0.15, -0.1) is 0 Å². The predicted molar refractivity (Wildman–Crippen MR) is 242 cm³/mol. The molecule has 0 bridgehead atoms. The van der Waals surface area contributed by atoms with Gasteiger partial charge < -0.3 is 4.90 Å². The molecule has 1 unspecified atom stereocenters. The first-order valence-corrected chi connectivity index (χ1v) is 19.9. The molecule has 1 nitrogen and oxygen atoms in total. The van der Waals surface area contributed by atoms with Gasteiger partial charge in [0.25, 0.3) is 0 Å². The first-order chi connectivity index (χ1) is 28.2. The summed E-state index contributed by atoms with van der Waals surface area (Å²) in [6, 6.07) is 80.4. The van der Waals surface area contributed by atoms with Crippen LogP contribution in [-0.2, 0) is 5.41 Å². The highest BCUT2D eigenvalue weighted by Crippen LogP contribution is 2.57. The largest absolute Gasteiger partial charge is 0.310 e. The summed E-state index contributed by atoms with van der Waals surface area (Å²) in [7, 11) is 0. The van der Waals surface area contributed by atoms with Crippen molar-refractivity contribution in [1.82, 2.24) is 0 Å². The maximum atomic E-state index is 2.52. The van der Waals surface area contributed by atoms with Gasteiger partial charge in [0.05, 0.1) is 5.69 Å². The average molecular weight is 726 g/mol. The number of benzene rings is 10. The smallest absolute Gasteiger partial charge is 0.0512 e. The van der Waals surface area contributed by atoms with Crippen LogP contribution >= 0.6 is 0 Å². The number of hydrogen-bond acceptors (Lipinski definition) is 1. The molecule has 10 aromatic rings. The molecule has 0 N–H and O–H groups in total. The van der Waals surface area contributed by atoms with Gasteiger partial charge >= 0.3 is 0 Å². The lowest BCUT2D eigenvalue weighted by atomic mass is 9.73. The molecule has 0 spiro atoms.